The summed E-state index contributed by atoms with van der Waals surface area (Å²) in [6, 6.07) is 10.1. The lowest BCUT2D eigenvalue weighted by molar-refractivity contribution is -0.117. The number of rotatable bonds is 3. The largest absolute Gasteiger partial charge is 0.314 e. The molecule has 1 amide bonds. The van der Waals surface area contributed by atoms with Crippen molar-refractivity contribution in [2.24, 2.45) is 4.99 Å². The van der Waals surface area contributed by atoms with Crippen LogP contribution in [0.25, 0.3) is 0 Å². The summed E-state index contributed by atoms with van der Waals surface area (Å²) in [7, 11) is -3.19. The highest BCUT2D eigenvalue weighted by molar-refractivity contribution is 8.16. The summed E-state index contributed by atoms with van der Waals surface area (Å²) in [4.78, 5) is 18.5. The van der Waals surface area contributed by atoms with Crippen molar-refractivity contribution in [3.8, 4) is 0 Å². The summed E-state index contributed by atoms with van der Waals surface area (Å²) < 4.78 is 37.3. The molecule has 0 unspecified atom stereocenters. The van der Waals surface area contributed by atoms with Gasteiger partial charge in [-0.2, -0.15) is 4.99 Å². The lowest BCUT2D eigenvalue weighted by atomic mass is 10.1. The molecule has 0 bridgehead atoms. The minimum atomic E-state index is -3.19. The molecule has 0 aliphatic carbocycles. The standard InChI is InChI=1S/C19H15Cl2FN2O3S2/c20-12-3-6-14(21)15(8-12)24-16-9-29(26,27)10-17(16)28-19(24)23-18(25)7-11-1-4-13(22)5-2-11/h1-6,8,16-17H,7,9-10H2/t16-,17+/m0/s1. The van der Waals surface area contributed by atoms with E-state index in [-0.39, 0.29) is 35.0 Å². The van der Waals surface area contributed by atoms with E-state index >= 15 is 0 Å². The Hall–Kier alpha value is -1.61. The smallest absolute Gasteiger partial charge is 0.252 e. The number of carbonyl (C=O) groups is 1. The highest BCUT2D eigenvalue weighted by atomic mass is 35.5. The fourth-order valence-electron chi connectivity index (χ4n) is 3.44. The molecule has 2 atom stereocenters. The maximum absolute atomic E-state index is 13.1. The number of benzene rings is 2. The number of halogens is 3. The molecular weight excluding hydrogens is 458 g/mol. The molecule has 2 aliphatic rings. The molecule has 10 heteroatoms. The van der Waals surface area contributed by atoms with Gasteiger partial charge in [-0.1, -0.05) is 47.1 Å². The molecule has 0 saturated carbocycles. The molecule has 2 saturated heterocycles. The molecule has 5 nitrogen and oxygen atoms in total. The Morgan fingerprint density at radius 3 is 2.62 bits per heavy atom. The molecule has 0 aromatic heterocycles. The number of carbonyl (C=O) groups excluding carboxylic acids is 1. The van der Waals surface area contributed by atoms with Gasteiger partial charge in [-0.05, 0) is 35.9 Å². The summed E-state index contributed by atoms with van der Waals surface area (Å²) in [6.07, 6.45) is 0.00902. The Morgan fingerprint density at radius 1 is 1.17 bits per heavy atom. The average molecular weight is 473 g/mol. The number of hydrogen-bond donors (Lipinski definition) is 0. The van der Waals surface area contributed by atoms with Gasteiger partial charge in [0.05, 0.1) is 34.7 Å². The van der Waals surface area contributed by atoms with E-state index < -0.39 is 15.7 Å². The van der Waals surface area contributed by atoms with Crippen LogP contribution in [0.1, 0.15) is 5.56 Å². The second-order valence-corrected chi connectivity index (χ2v) is 11.1. The van der Waals surface area contributed by atoms with Crippen LogP contribution in [-0.2, 0) is 21.1 Å². The monoisotopic (exact) mass is 472 g/mol. The van der Waals surface area contributed by atoms with Crippen LogP contribution in [0.3, 0.4) is 0 Å². The third kappa shape index (κ3) is 4.45. The van der Waals surface area contributed by atoms with E-state index in [0.717, 1.165) is 0 Å². The van der Waals surface area contributed by atoms with Gasteiger partial charge in [0.2, 0.25) is 0 Å². The van der Waals surface area contributed by atoms with Gasteiger partial charge >= 0.3 is 0 Å². The van der Waals surface area contributed by atoms with Gasteiger partial charge in [0.25, 0.3) is 5.91 Å². The number of anilines is 1. The van der Waals surface area contributed by atoms with E-state index in [1.54, 1.807) is 23.1 Å². The molecule has 0 spiro atoms. The Morgan fingerprint density at radius 2 is 1.90 bits per heavy atom. The van der Waals surface area contributed by atoms with Gasteiger partial charge in [0, 0.05) is 10.3 Å². The van der Waals surface area contributed by atoms with Crippen LogP contribution in [0.4, 0.5) is 10.1 Å². The maximum atomic E-state index is 13.1. The average Bonchev–Trinajstić information content (AvgIpc) is 3.10. The molecular formula is C19H15Cl2FN2O3S2. The summed E-state index contributed by atoms with van der Waals surface area (Å²) in [5, 5.41) is 0.980. The molecule has 152 valence electrons. The van der Waals surface area contributed by atoms with Crippen LogP contribution >= 0.6 is 35.0 Å². The van der Waals surface area contributed by atoms with Gasteiger partial charge < -0.3 is 4.90 Å². The highest BCUT2D eigenvalue weighted by Gasteiger charge is 2.49. The van der Waals surface area contributed by atoms with Gasteiger partial charge in [0.15, 0.2) is 15.0 Å². The molecule has 2 heterocycles. The van der Waals surface area contributed by atoms with Gasteiger partial charge in [-0.15, -0.1) is 0 Å². The van der Waals surface area contributed by atoms with Crippen molar-refractivity contribution in [3.63, 3.8) is 0 Å². The first kappa shape index (κ1) is 20.7. The molecule has 2 fully saturated rings. The second kappa shape index (κ2) is 7.91. The summed E-state index contributed by atoms with van der Waals surface area (Å²) in [6.45, 7) is 0. The molecule has 4 rings (SSSR count). The van der Waals surface area contributed by atoms with E-state index in [0.29, 0.717) is 26.5 Å². The SMILES string of the molecule is O=C(Cc1ccc(F)cc1)N=C1S[C@@H]2CS(=O)(=O)C[C@@H]2N1c1cc(Cl)ccc1Cl. The summed E-state index contributed by atoms with van der Waals surface area (Å²) in [5.74, 6) is -0.819. The first-order chi connectivity index (χ1) is 13.7. The molecule has 2 aromatic carbocycles. The third-order valence-corrected chi connectivity index (χ3v) is 8.49. The van der Waals surface area contributed by atoms with Crippen molar-refractivity contribution in [1.82, 2.24) is 0 Å². The maximum Gasteiger partial charge on any atom is 0.252 e. The minimum absolute atomic E-state index is 0.00902. The van der Waals surface area contributed by atoms with Crippen LogP contribution < -0.4 is 4.90 Å². The van der Waals surface area contributed by atoms with E-state index in [9.17, 15) is 17.6 Å². The third-order valence-electron chi connectivity index (χ3n) is 4.72. The fraction of sp³-hybridized carbons (Fsp3) is 0.263. The normalized spacial score (nSPS) is 24.1. The lowest BCUT2D eigenvalue weighted by Crippen LogP contribution is -2.38. The number of amides is 1. The molecule has 2 aromatic rings. The van der Waals surface area contributed by atoms with E-state index in [1.165, 1.54) is 36.0 Å². The molecule has 2 aliphatic heterocycles. The van der Waals surface area contributed by atoms with Crippen molar-refractivity contribution in [2.75, 3.05) is 16.4 Å². The number of amidine groups is 1. The van der Waals surface area contributed by atoms with E-state index in [4.69, 9.17) is 23.2 Å². The van der Waals surface area contributed by atoms with Crippen LogP contribution in [-0.4, -0.2) is 42.3 Å². The van der Waals surface area contributed by atoms with Crippen molar-refractivity contribution in [2.45, 2.75) is 17.7 Å². The van der Waals surface area contributed by atoms with Crippen molar-refractivity contribution in [1.29, 1.82) is 0 Å². The van der Waals surface area contributed by atoms with E-state index in [2.05, 4.69) is 4.99 Å². The Bertz CT molecular complexity index is 1110. The first-order valence-corrected chi connectivity index (χ1v) is 12.1. The van der Waals surface area contributed by atoms with Gasteiger partial charge in [0.1, 0.15) is 5.82 Å². The van der Waals surface area contributed by atoms with Crippen molar-refractivity contribution in [3.05, 3.63) is 63.9 Å². The highest BCUT2D eigenvalue weighted by Crippen LogP contribution is 2.43. The topological polar surface area (TPSA) is 66.8 Å². The van der Waals surface area contributed by atoms with Crippen LogP contribution in [0, 0.1) is 5.82 Å². The summed E-state index contributed by atoms with van der Waals surface area (Å²) >= 11 is 13.7. The van der Waals surface area contributed by atoms with Crippen LogP contribution in [0.2, 0.25) is 10.0 Å². The fourth-order valence-corrected chi connectivity index (χ4v) is 7.74. The van der Waals surface area contributed by atoms with E-state index in [1.807, 2.05) is 0 Å². The zero-order valence-electron chi connectivity index (χ0n) is 14.9. The Labute approximate surface area is 181 Å². The van der Waals surface area contributed by atoms with Crippen molar-refractivity contribution >= 4 is 61.6 Å². The second-order valence-electron chi connectivity index (χ2n) is 6.86. The van der Waals surface area contributed by atoms with Gasteiger partial charge in [-0.3, -0.25) is 4.79 Å². The molecule has 0 N–H and O–H groups in total. The molecule has 29 heavy (non-hydrogen) atoms. The zero-order valence-corrected chi connectivity index (χ0v) is 18.0. The quantitative estimate of drug-likeness (QED) is 0.675. The number of thioether (sulfide) groups is 1. The van der Waals surface area contributed by atoms with Crippen LogP contribution in [0.5, 0.6) is 0 Å². The predicted molar refractivity (Wildman–Crippen MR) is 115 cm³/mol. The predicted octanol–water partition coefficient (Wildman–Crippen LogP) is 3.98. The number of nitrogens with zero attached hydrogens (tertiary/aromatic N) is 2. The minimum Gasteiger partial charge on any atom is -0.314 e. The number of fused-ring (bicyclic) bond motifs is 1. The number of hydrogen-bond acceptors (Lipinski definition) is 4. The summed E-state index contributed by atoms with van der Waals surface area (Å²) in [5.41, 5.74) is 1.16. The van der Waals surface area contributed by atoms with Crippen molar-refractivity contribution < 1.29 is 17.6 Å². The Kier molecular flexibility index (Phi) is 5.63. The Balaban J connectivity index is 1.67. The van der Waals surface area contributed by atoms with Gasteiger partial charge in [-0.25, -0.2) is 12.8 Å². The molecule has 0 radical (unpaired) electrons. The zero-order chi connectivity index (χ0) is 20.8. The lowest BCUT2D eigenvalue weighted by Gasteiger charge is -2.25. The van der Waals surface area contributed by atoms with Crippen LogP contribution in [0.15, 0.2) is 47.5 Å². The number of aliphatic imine (C=N–C) groups is 1. The first-order valence-electron chi connectivity index (χ1n) is 8.69. The number of sulfone groups is 1.